The van der Waals surface area contributed by atoms with Crippen molar-refractivity contribution in [1.82, 2.24) is 10.3 Å². The molecule has 0 aliphatic carbocycles. The Morgan fingerprint density at radius 3 is 2.93 bits per heavy atom. The molecule has 0 amide bonds. The molecule has 0 saturated heterocycles. The third kappa shape index (κ3) is 3.13. The quantitative estimate of drug-likeness (QED) is 0.834. The van der Waals surface area contributed by atoms with Gasteiger partial charge in [-0.15, -0.1) is 6.42 Å². The summed E-state index contributed by atoms with van der Waals surface area (Å²) in [5.74, 6) is 2.68. The van der Waals surface area contributed by atoms with Gasteiger partial charge in [-0.05, 0) is 41.0 Å². The topological polar surface area (TPSA) is 24.9 Å². The molecule has 0 aliphatic rings. The van der Waals surface area contributed by atoms with Gasteiger partial charge in [0.25, 0.3) is 0 Å². The zero-order valence-corrected chi connectivity index (χ0v) is 9.71. The fraction of sp³-hybridized carbons (Fsp3) is 0.364. The van der Waals surface area contributed by atoms with Gasteiger partial charge in [0.15, 0.2) is 0 Å². The average molecular weight is 253 g/mol. The first-order valence-electron chi connectivity index (χ1n) is 4.59. The standard InChI is InChI=1S/C11H13BrN2/c1-3-7-13-10(4-2)11-6-5-9(12)8-14-11/h2,5-6,8,10,13H,3,7H2,1H3. The number of aromatic nitrogens is 1. The van der Waals surface area contributed by atoms with Gasteiger partial charge < -0.3 is 0 Å². The highest BCUT2D eigenvalue weighted by atomic mass is 79.9. The molecule has 1 aromatic rings. The van der Waals surface area contributed by atoms with Crippen molar-refractivity contribution in [2.45, 2.75) is 19.4 Å². The monoisotopic (exact) mass is 252 g/mol. The summed E-state index contributed by atoms with van der Waals surface area (Å²) in [6.07, 6.45) is 8.24. The minimum absolute atomic E-state index is 0.0805. The van der Waals surface area contributed by atoms with Gasteiger partial charge in [0.2, 0.25) is 0 Å². The van der Waals surface area contributed by atoms with Crippen LogP contribution >= 0.6 is 15.9 Å². The normalized spacial score (nSPS) is 12.1. The predicted octanol–water partition coefficient (Wildman–Crippen LogP) is 2.52. The van der Waals surface area contributed by atoms with Crippen LogP contribution in [-0.4, -0.2) is 11.5 Å². The highest BCUT2D eigenvalue weighted by molar-refractivity contribution is 9.10. The fourth-order valence-corrected chi connectivity index (χ4v) is 1.33. The van der Waals surface area contributed by atoms with Crippen LogP contribution in [0.5, 0.6) is 0 Å². The Morgan fingerprint density at radius 2 is 2.43 bits per heavy atom. The Kier molecular flexibility index (Phi) is 4.64. The Labute approximate surface area is 93.3 Å². The summed E-state index contributed by atoms with van der Waals surface area (Å²) in [6.45, 7) is 3.02. The van der Waals surface area contributed by atoms with Crippen molar-refractivity contribution >= 4 is 15.9 Å². The van der Waals surface area contributed by atoms with E-state index in [-0.39, 0.29) is 6.04 Å². The van der Waals surface area contributed by atoms with Crippen molar-refractivity contribution in [1.29, 1.82) is 0 Å². The number of terminal acetylenes is 1. The maximum absolute atomic E-state index is 5.42. The van der Waals surface area contributed by atoms with Crippen LogP contribution < -0.4 is 5.32 Å². The van der Waals surface area contributed by atoms with Crippen LogP contribution in [0.25, 0.3) is 0 Å². The van der Waals surface area contributed by atoms with Crippen molar-refractivity contribution in [3.05, 3.63) is 28.5 Å². The second-order valence-electron chi connectivity index (χ2n) is 2.96. The number of rotatable bonds is 4. The molecule has 3 heteroatoms. The van der Waals surface area contributed by atoms with Crippen molar-refractivity contribution in [2.75, 3.05) is 6.54 Å². The summed E-state index contributed by atoms with van der Waals surface area (Å²) in [4.78, 5) is 4.25. The molecule has 0 fully saturated rings. The number of nitrogens with one attached hydrogen (secondary N) is 1. The average Bonchev–Trinajstić information content (AvgIpc) is 2.21. The van der Waals surface area contributed by atoms with E-state index < -0.39 is 0 Å². The molecular weight excluding hydrogens is 240 g/mol. The minimum Gasteiger partial charge on any atom is -0.299 e. The van der Waals surface area contributed by atoms with Crippen LogP contribution in [-0.2, 0) is 0 Å². The molecule has 2 nitrogen and oxygen atoms in total. The Hall–Kier alpha value is -0.850. The summed E-state index contributed by atoms with van der Waals surface area (Å²) in [7, 11) is 0. The van der Waals surface area contributed by atoms with Gasteiger partial charge in [0, 0.05) is 10.7 Å². The van der Waals surface area contributed by atoms with Gasteiger partial charge in [-0.3, -0.25) is 10.3 Å². The van der Waals surface area contributed by atoms with Gasteiger partial charge in [0.1, 0.15) is 6.04 Å². The first-order chi connectivity index (χ1) is 6.77. The summed E-state index contributed by atoms with van der Waals surface area (Å²) in [5, 5.41) is 3.24. The van der Waals surface area contributed by atoms with E-state index in [1.54, 1.807) is 6.20 Å². The lowest BCUT2D eigenvalue weighted by atomic mass is 10.2. The van der Waals surface area contributed by atoms with Crippen LogP contribution in [0.15, 0.2) is 22.8 Å². The number of hydrogen-bond acceptors (Lipinski definition) is 2. The molecule has 1 aromatic heterocycles. The van der Waals surface area contributed by atoms with E-state index in [9.17, 15) is 0 Å². The summed E-state index contributed by atoms with van der Waals surface area (Å²) in [6, 6.07) is 3.79. The highest BCUT2D eigenvalue weighted by Gasteiger charge is 2.07. The zero-order chi connectivity index (χ0) is 10.4. The van der Waals surface area contributed by atoms with Crippen molar-refractivity contribution in [2.24, 2.45) is 0 Å². The van der Waals surface area contributed by atoms with Crippen LogP contribution in [0.2, 0.25) is 0 Å². The van der Waals surface area contributed by atoms with Crippen molar-refractivity contribution in [3.63, 3.8) is 0 Å². The first kappa shape index (κ1) is 11.2. The van der Waals surface area contributed by atoms with E-state index in [1.165, 1.54) is 0 Å². The molecule has 1 rings (SSSR count). The Morgan fingerprint density at radius 1 is 1.64 bits per heavy atom. The molecule has 0 saturated carbocycles. The molecule has 0 aromatic carbocycles. The molecule has 0 bridgehead atoms. The second-order valence-corrected chi connectivity index (χ2v) is 3.87. The van der Waals surface area contributed by atoms with E-state index in [2.05, 4.69) is 39.1 Å². The number of pyridine rings is 1. The molecule has 1 atom stereocenters. The molecule has 1 unspecified atom stereocenters. The Balaban J connectivity index is 2.70. The summed E-state index contributed by atoms with van der Waals surface area (Å²) in [5.41, 5.74) is 0.893. The van der Waals surface area contributed by atoms with Crippen LogP contribution in [0.1, 0.15) is 25.1 Å². The SMILES string of the molecule is C#CC(NCCC)c1ccc(Br)cn1. The fourth-order valence-electron chi connectivity index (χ4n) is 1.10. The molecule has 14 heavy (non-hydrogen) atoms. The van der Waals surface area contributed by atoms with E-state index in [0.717, 1.165) is 23.1 Å². The molecule has 0 radical (unpaired) electrons. The lowest BCUT2D eigenvalue weighted by molar-refractivity contribution is 0.614. The molecule has 74 valence electrons. The van der Waals surface area contributed by atoms with E-state index in [4.69, 9.17) is 6.42 Å². The van der Waals surface area contributed by atoms with E-state index in [1.807, 2.05) is 12.1 Å². The van der Waals surface area contributed by atoms with E-state index in [0.29, 0.717) is 0 Å². The lowest BCUT2D eigenvalue weighted by Crippen LogP contribution is -2.21. The van der Waals surface area contributed by atoms with Crippen molar-refractivity contribution < 1.29 is 0 Å². The van der Waals surface area contributed by atoms with Gasteiger partial charge in [-0.2, -0.15) is 0 Å². The lowest BCUT2D eigenvalue weighted by Gasteiger charge is -2.11. The number of nitrogens with zero attached hydrogens (tertiary/aromatic N) is 1. The molecule has 0 spiro atoms. The van der Waals surface area contributed by atoms with Gasteiger partial charge in [-0.25, -0.2) is 0 Å². The van der Waals surface area contributed by atoms with E-state index >= 15 is 0 Å². The van der Waals surface area contributed by atoms with Gasteiger partial charge in [0.05, 0.1) is 5.69 Å². The van der Waals surface area contributed by atoms with Crippen LogP contribution in [0, 0.1) is 12.3 Å². The predicted molar refractivity (Wildman–Crippen MR) is 61.8 cm³/mol. The maximum atomic E-state index is 5.42. The number of halogens is 1. The highest BCUT2D eigenvalue weighted by Crippen LogP contribution is 2.12. The van der Waals surface area contributed by atoms with Crippen molar-refractivity contribution in [3.8, 4) is 12.3 Å². The second kappa shape index (κ2) is 5.79. The Bertz CT molecular complexity index is 313. The zero-order valence-electron chi connectivity index (χ0n) is 8.13. The number of hydrogen-bond donors (Lipinski definition) is 1. The third-order valence-corrected chi connectivity index (χ3v) is 2.28. The molecule has 1 heterocycles. The third-order valence-electron chi connectivity index (χ3n) is 1.81. The van der Waals surface area contributed by atoms with Crippen LogP contribution in [0.3, 0.4) is 0 Å². The van der Waals surface area contributed by atoms with Gasteiger partial charge >= 0.3 is 0 Å². The molecule has 0 aliphatic heterocycles. The summed E-state index contributed by atoms with van der Waals surface area (Å²) < 4.78 is 0.965. The largest absolute Gasteiger partial charge is 0.299 e. The smallest absolute Gasteiger partial charge is 0.111 e. The summed E-state index contributed by atoms with van der Waals surface area (Å²) >= 11 is 3.33. The van der Waals surface area contributed by atoms with Gasteiger partial charge in [-0.1, -0.05) is 12.8 Å². The van der Waals surface area contributed by atoms with Crippen LogP contribution in [0.4, 0.5) is 0 Å². The molecular formula is C11H13BrN2. The first-order valence-corrected chi connectivity index (χ1v) is 5.38. The maximum Gasteiger partial charge on any atom is 0.111 e. The minimum atomic E-state index is -0.0805. The molecule has 1 N–H and O–H groups in total.